The van der Waals surface area contributed by atoms with Crippen molar-refractivity contribution in [1.29, 1.82) is 0 Å². The van der Waals surface area contributed by atoms with Gasteiger partial charge in [0.1, 0.15) is 11.4 Å². The van der Waals surface area contributed by atoms with Gasteiger partial charge < -0.3 is 0 Å². The minimum atomic E-state index is 0.589. The predicted molar refractivity (Wildman–Crippen MR) is 118 cm³/mol. The maximum atomic E-state index is 4.86. The molecule has 0 atom stereocenters. The van der Waals surface area contributed by atoms with E-state index in [1.807, 2.05) is 4.68 Å². The quantitative estimate of drug-likeness (QED) is 0.409. The van der Waals surface area contributed by atoms with Crippen molar-refractivity contribution in [1.82, 2.24) is 35.4 Å². The number of hydrogen-bond donors (Lipinski definition) is 0. The van der Waals surface area contributed by atoms with Gasteiger partial charge in [0.05, 0.1) is 5.75 Å². The lowest BCUT2D eigenvalue weighted by Gasteiger charge is -2.10. The molecule has 2 heterocycles. The molecule has 0 aliphatic heterocycles. The maximum Gasteiger partial charge on any atom is 0.210 e. The van der Waals surface area contributed by atoms with Crippen molar-refractivity contribution in [3.05, 3.63) is 65.5 Å². The first-order chi connectivity index (χ1) is 14.6. The Balaban J connectivity index is 1.67. The molecule has 152 valence electrons. The molecule has 2 aromatic carbocycles. The van der Waals surface area contributed by atoms with E-state index in [1.54, 1.807) is 0 Å². The number of tetrazole rings is 1. The SMILES string of the molecule is CCCn1nnnc1CSc1nnc(-c2ccc(C)cc2)c(-c2ccc(C)cc2)n1. The molecule has 0 aliphatic rings. The first-order valence-electron chi connectivity index (χ1n) is 9.90. The topological polar surface area (TPSA) is 82.3 Å². The van der Waals surface area contributed by atoms with Gasteiger partial charge in [-0.1, -0.05) is 78.3 Å². The van der Waals surface area contributed by atoms with Crippen LogP contribution in [0.2, 0.25) is 0 Å². The second-order valence-corrected chi connectivity index (χ2v) is 8.07. The van der Waals surface area contributed by atoms with Crippen molar-refractivity contribution in [3.8, 4) is 22.5 Å². The van der Waals surface area contributed by atoms with Crippen LogP contribution in [0.4, 0.5) is 0 Å². The Bertz CT molecular complexity index is 1120. The monoisotopic (exact) mass is 417 g/mol. The summed E-state index contributed by atoms with van der Waals surface area (Å²) in [6.45, 7) is 7.04. The third-order valence-corrected chi connectivity index (χ3v) is 5.52. The summed E-state index contributed by atoms with van der Waals surface area (Å²) < 4.78 is 1.82. The Morgan fingerprint density at radius 2 is 1.43 bits per heavy atom. The van der Waals surface area contributed by atoms with Crippen LogP contribution in [0.25, 0.3) is 22.5 Å². The highest BCUT2D eigenvalue weighted by atomic mass is 32.2. The van der Waals surface area contributed by atoms with E-state index in [-0.39, 0.29) is 0 Å². The van der Waals surface area contributed by atoms with E-state index in [4.69, 9.17) is 4.98 Å². The van der Waals surface area contributed by atoms with Gasteiger partial charge in [0.2, 0.25) is 5.16 Å². The largest absolute Gasteiger partial charge is 0.229 e. The number of aryl methyl sites for hydroxylation is 3. The van der Waals surface area contributed by atoms with E-state index in [2.05, 4.69) is 95.0 Å². The zero-order valence-corrected chi connectivity index (χ0v) is 18.1. The minimum Gasteiger partial charge on any atom is -0.229 e. The standard InChI is InChI=1S/C22H23N7S/c1-4-13-29-19(24-27-28-29)14-30-22-23-20(17-9-5-15(2)6-10-17)21(25-26-22)18-11-7-16(3)8-12-18/h5-12H,4,13-14H2,1-3H3. The third kappa shape index (κ3) is 4.54. The van der Waals surface area contributed by atoms with Gasteiger partial charge in [-0.25, -0.2) is 9.67 Å². The summed E-state index contributed by atoms with van der Waals surface area (Å²) in [4.78, 5) is 4.86. The molecule has 0 amide bonds. The van der Waals surface area contributed by atoms with Crippen LogP contribution in [0.15, 0.2) is 53.7 Å². The predicted octanol–water partition coefficient (Wildman–Crippen LogP) is 4.51. The van der Waals surface area contributed by atoms with Gasteiger partial charge in [-0.15, -0.1) is 15.3 Å². The highest BCUT2D eigenvalue weighted by molar-refractivity contribution is 7.98. The molecular weight excluding hydrogens is 394 g/mol. The van der Waals surface area contributed by atoms with Crippen molar-refractivity contribution in [2.24, 2.45) is 0 Å². The second-order valence-electron chi connectivity index (χ2n) is 7.13. The Hall–Kier alpha value is -3.13. The van der Waals surface area contributed by atoms with Gasteiger partial charge in [0.25, 0.3) is 0 Å². The summed E-state index contributed by atoms with van der Waals surface area (Å²) in [6, 6.07) is 16.6. The fraction of sp³-hybridized carbons (Fsp3) is 0.273. The van der Waals surface area contributed by atoms with Crippen molar-refractivity contribution in [2.75, 3.05) is 0 Å². The van der Waals surface area contributed by atoms with Gasteiger partial charge >= 0.3 is 0 Å². The molecule has 0 saturated heterocycles. The molecule has 0 spiro atoms. The average Bonchev–Trinajstić information content (AvgIpc) is 3.21. The first-order valence-corrected chi connectivity index (χ1v) is 10.9. The lowest BCUT2D eigenvalue weighted by atomic mass is 10.0. The highest BCUT2D eigenvalue weighted by Gasteiger charge is 2.15. The molecule has 2 aromatic heterocycles. The normalized spacial score (nSPS) is 11.0. The zero-order chi connectivity index (χ0) is 20.9. The summed E-state index contributed by atoms with van der Waals surface area (Å²) in [7, 11) is 0. The van der Waals surface area contributed by atoms with E-state index < -0.39 is 0 Å². The molecule has 0 bridgehead atoms. The summed E-state index contributed by atoms with van der Waals surface area (Å²) >= 11 is 1.49. The summed E-state index contributed by atoms with van der Waals surface area (Å²) in [5.74, 6) is 1.40. The minimum absolute atomic E-state index is 0.589. The molecule has 0 radical (unpaired) electrons. The summed E-state index contributed by atoms with van der Waals surface area (Å²) in [5, 5.41) is 21.5. The van der Waals surface area contributed by atoms with Crippen LogP contribution in [-0.4, -0.2) is 35.4 Å². The molecule has 8 heteroatoms. The average molecular weight is 418 g/mol. The van der Waals surface area contributed by atoms with E-state index in [9.17, 15) is 0 Å². The molecule has 0 aliphatic carbocycles. The Morgan fingerprint density at radius 1 is 0.800 bits per heavy atom. The Morgan fingerprint density at radius 3 is 2.07 bits per heavy atom. The molecule has 4 aromatic rings. The van der Waals surface area contributed by atoms with Gasteiger partial charge in [-0.2, -0.15) is 0 Å². The number of aromatic nitrogens is 7. The molecule has 0 saturated carbocycles. The van der Waals surface area contributed by atoms with E-state index in [1.165, 1.54) is 22.9 Å². The Labute approximate surface area is 180 Å². The first kappa shape index (κ1) is 20.2. The zero-order valence-electron chi connectivity index (χ0n) is 17.3. The smallest absolute Gasteiger partial charge is 0.210 e. The van der Waals surface area contributed by atoms with Crippen LogP contribution in [0.5, 0.6) is 0 Å². The molecular formula is C22H23N7S. The van der Waals surface area contributed by atoms with Crippen LogP contribution in [-0.2, 0) is 12.3 Å². The van der Waals surface area contributed by atoms with Crippen LogP contribution < -0.4 is 0 Å². The van der Waals surface area contributed by atoms with Crippen molar-refractivity contribution in [2.45, 2.75) is 44.6 Å². The van der Waals surface area contributed by atoms with Gasteiger partial charge in [-0.05, 0) is 30.7 Å². The lowest BCUT2D eigenvalue weighted by molar-refractivity contribution is 0.564. The van der Waals surface area contributed by atoms with E-state index in [0.29, 0.717) is 10.9 Å². The van der Waals surface area contributed by atoms with E-state index in [0.717, 1.165) is 41.3 Å². The number of rotatable bonds is 7. The maximum absolute atomic E-state index is 4.86. The fourth-order valence-corrected chi connectivity index (χ4v) is 3.75. The molecule has 30 heavy (non-hydrogen) atoms. The third-order valence-electron chi connectivity index (χ3n) is 4.69. The molecule has 0 fully saturated rings. The van der Waals surface area contributed by atoms with Crippen LogP contribution in [0.3, 0.4) is 0 Å². The lowest BCUT2D eigenvalue weighted by Crippen LogP contribution is -2.05. The highest BCUT2D eigenvalue weighted by Crippen LogP contribution is 2.30. The van der Waals surface area contributed by atoms with Crippen LogP contribution in [0.1, 0.15) is 30.3 Å². The summed E-state index contributed by atoms with van der Waals surface area (Å²) in [6.07, 6.45) is 0.976. The molecule has 0 N–H and O–H groups in total. The van der Waals surface area contributed by atoms with Crippen molar-refractivity contribution in [3.63, 3.8) is 0 Å². The van der Waals surface area contributed by atoms with Crippen molar-refractivity contribution < 1.29 is 0 Å². The van der Waals surface area contributed by atoms with Gasteiger partial charge in [0, 0.05) is 17.7 Å². The van der Waals surface area contributed by atoms with Crippen molar-refractivity contribution >= 4 is 11.8 Å². The molecule has 4 rings (SSSR count). The van der Waals surface area contributed by atoms with Gasteiger partial charge in [-0.3, -0.25) is 0 Å². The number of nitrogens with zero attached hydrogens (tertiary/aromatic N) is 7. The summed E-state index contributed by atoms with van der Waals surface area (Å²) in [5.41, 5.74) is 6.02. The number of benzene rings is 2. The number of hydrogen-bond acceptors (Lipinski definition) is 7. The van der Waals surface area contributed by atoms with Crippen LogP contribution >= 0.6 is 11.8 Å². The van der Waals surface area contributed by atoms with Gasteiger partial charge in [0.15, 0.2) is 5.82 Å². The Kier molecular flexibility index (Phi) is 6.13. The number of thioether (sulfide) groups is 1. The fourth-order valence-electron chi connectivity index (χ4n) is 3.03. The van der Waals surface area contributed by atoms with E-state index >= 15 is 0 Å². The van der Waals surface area contributed by atoms with Crippen LogP contribution in [0, 0.1) is 13.8 Å². The second kappa shape index (κ2) is 9.13. The molecule has 0 unspecified atom stereocenters. The molecule has 7 nitrogen and oxygen atoms in total.